The summed E-state index contributed by atoms with van der Waals surface area (Å²) in [5.41, 5.74) is 6.53. The van der Waals surface area contributed by atoms with Gasteiger partial charge in [0.05, 0.1) is 18.5 Å². The van der Waals surface area contributed by atoms with E-state index in [9.17, 15) is 4.79 Å². The highest BCUT2D eigenvalue weighted by Crippen LogP contribution is 2.17. The molecular weight excluding hydrogens is 274 g/mol. The molecule has 112 valence electrons. The lowest BCUT2D eigenvalue weighted by Crippen LogP contribution is -2.13. The van der Waals surface area contributed by atoms with E-state index in [1.807, 2.05) is 11.8 Å². The molecule has 1 heterocycles. The van der Waals surface area contributed by atoms with Crippen LogP contribution in [-0.2, 0) is 4.74 Å². The van der Waals surface area contributed by atoms with Gasteiger partial charge in [0, 0.05) is 6.54 Å². The van der Waals surface area contributed by atoms with Gasteiger partial charge in [-0.15, -0.1) is 0 Å². The molecule has 1 rings (SSSR count). The van der Waals surface area contributed by atoms with Crippen LogP contribution in [-0.4, -0.2) is 36.1 Å². The first-order valence-corrected chi connectivity index (χ1v) is 8.23. The molecule has 20 heavy (non-hydrogen) atoms. The minimum absolute atomic E-state index is 0.335. The number of aromatic nitrogens is 1. The fourth-order valence-corrected chi connectivity index (χ4v) is 2.23. The van der Waals surface area contributed by atoms with Crippen molar-refractivity contribution in [1.29, 1.82) is 0 Å². The summed E-state index contributed by atoms with van der Waals surface area (Å²) < 4.78 is 5.01. The number of anilines is 2. The Morgan fingerprint density at radius 3 is 2.95 bits per heavy atom. The number of pyridine rings is 1. The number of hydrogen-bond acceptors (Lipinski definition) is 6. The zero-order chi connectivity index (χ0) is 14.8. The normalized spacial score (nSPS) is 10.3. The van der Waals surface area contributed by atoms with E-state index in [-0.39, 0.29) is 0 Å². The van der Waals surface area contributed by atoms with Crippen LogP contribution in [0.1, 0.15) is 36.5 Å². The lowest BCUT2D eigenvalue weighted by molar-refractivity contribution is 0.0527. The summed E-state index contributed by atoms with van der Waals surface area (Å²) in [6, 6.07) is 1.60. The number of hydrogen-bond donors (Lipinski definition) is 2. The number of ether oxygens (including phenoxy) is 1. The van der Waals surface area contributed by atoms with Crippen molar-refractivity contribution < 1.29 is 9.53 Å². The van der Waals surface area contributed by atoms with E-state index in [4.69, 9.17) is 10.5 Å². The van der Waals surface area contributed by atoms with E-state index in [0.29, 0.717) is 23.7 Å². The fourth-order valence-electron chi connectivity index (χ4n) is 1.74. The number of nitrogens with two attached hydrogens (primary N) is 1. The molecule has 0 spiro atoms. The monoisotopic (exact) mass is 297 g/mol. The van der Waals surface area contributed by atoms with Gasteiger partial charge in [-0.2, -0.15) is 11.8 Å². The molecule has 0 saturated heterocycles. The molecule has 0 bridgehead atoms. The molecule has 0 saturated carbocycles. The van der Waals surface area contributed by atoms with E-state index in [1.54, 1.807) is 19.2 Å². The number of rotatable bonds is 9. The molecule has 0 aliphatic carbocycles. The number of carbonyl (C=O) groups is 1. The summed E-state index contributed by atoms with van der Waals surface area (Å²) in [4.78, 5) is 16.0. The quantitative estimate of drug-likeness (QED) is 0.539. The minimum Gasteiger partial charge on any atom is -0.462 e. The first-order valence-electron chi connectivity index (χ1n) is 6.84. The van der Waals surface area contributed by atoms with Crippen LogP contribution in [0.2, 0.25) is 0 Å². The van der Waals surface area contributed by atoms with Crippen molar-refractivity contribution in [2.45, 2.75) is 26.2 Å². The Bertz CT molecular complexity index is 427. The maximum Gasteiger partial charge on any atom is 0.341 e. The molecule has 6 heteroatoms. The highest BCUT2D eigenvalue weighted by Gasteiger charge is 2.14. The molecule has 3 N–H and O–H groups in total. The average Bonchev–Trinajstić information content (AvgIpc) is 2.44. The molecule has 1 aromatic rings. The van der Waals surface area contributed by atoms with Gasteiger partial charge in [-0.25, -0.2) is 9.78 Å². The second kappa shape index (κ2) is 9.47. The van der Waals surface area contributed by atoms with Gasteiger partial charge in [0.15, 0.2) is 0 Å². The molecule has 0 radical (unpaired) electrons. The summed E-state index contributed by atoms with van der Waals surface area (Å²) in [5, 5.41) is 3.18. The lowest BCUT2D eigenvalue weighted by atomic mass is 10.2. The number of nitrogens with zero attached hydrogens (tertiary/aromatic N) is 1. The van der Waals surface area contributed by atoms with Crippen molar-refractivity contribution in [3.05, 3.63) is 17.8 Å². The van der Waals surface area contributed by atoms with Crippen LogP contribution in [0.3, 0.4) is 0 Å². The Hall–Kier alpha value is -1.43. The first kappa shape index (κ1) is 16.6. The molecule has 0 aliphatic rings. The predicted molar refractivity (Wildman–Crippen MR) is 85.3 cm³/mol. The van der Waals surface area contributed by atoms with Gasteiger partial charge < -0.3 is 15.8 Å². The molecular formula is C14H23N3O2S. The average molecular weight is 297 g/mol. The van der Waals surface area contributed by atoms with Crippen LogP contribution in [0.4, 0.5) is 11.5 Å². The summed E-state index contributed by atoms with van der Waals surface area (Å²) >= 11 is 1.86. The number of nitrogens with one attached hydrogen (secondary N) is 1. The summed E-state index contributed by atoms with van der Waals surface area (Å²) in [5.74, 6) is 1.34. The number of nitrogen functional groups attached to an aromatic ring is 1. The summed E-state index contributed by atoms with van der Waals surface area (Å²) in [6.07, 6.45) is 7.08. The summed E-state index contributed by atoms with van der Waals surface area (Å²) in [7, 11) is 0. The van der Waals surface area contributed by atoms with Crippen molar-refractivity contribution in [2.24, 2.45) is 0 Å². The van der Waals surface area contributed by atoms with Crippen molar-refractivity contribution in [2.75, 3.05) is 36.2 Å². The Kier molecular flexibility index (Phi) is 7.87. The van der Waals surface area contributed by atoms with Gasteiger partial charge in [-0.1, -0.05) is 6.42 Å². The van der Waals surface area contributed by atoms with Gasteiger partial charge in [0.1, 0.15) is 11.4 Å². The maximum atomic E-state index is 11.8. The second-order valence-corrected chi connectivity index (χ2v) is 5.35. The summed E-state index contributed by atoms with van der Waals surface area (Å²) in [6.45, 7) is 2.90. The van der Waals surface area contributed by atoms with E-state index in [0.717, 1.165) is 19.4 Å². The van der Waals surface area contributed by atoms with Crippen molar-refractivity contribution in [3.8, 4) is 0 Å². The van der Waals surface area contributed by atoms with Gasteiger partial charge in [0.25, 0.3) is 0 Å². The van der Waals surface area contributed by atoms with Gasteiger partial charge in [-0.3, -0.25) is 0 Å². The van der Waals surface area contributed by atoms with Crippen molar-refractivity contribution in [1.82, 2.24) is 4.98 Å². The van der Waals surface area contributed by atoms with Crippen molar-refractivity contribution >= 4 is 29.2 Å². The van der Waals surface area contributed by atoms with E-state index in [1.165, 1.54) is 12.2 Å². The number of thioether (sulfide) groups is 1. The Labute approximate surface area is 124 Å². The largest absolute Gasteiger partial charge is 0.462 e. The zero-order valence-electron chi connectivity index (χ0n) is 12.1. The molecule has 0 unspecified atom stereocenters. The Morgan fingerprint density at radius 2 is 2.25 bits per heavy atom. The minimum atomic E-state index is -0.391. The molecule has 0 atom stereocenters. The highest BCUT2D eigenvalue weighted by atomic mass is 32.2. The molecule has 1 aromatic heterocycles. The van der Waals surface area contributed by atoms with Crippen LogP contribution < -0.4 is 11.1 Å². The van der Waals surface area contributed by atoms with Gasteiger partial charge >= 0.3 is 5.97 Å². The van der Waals surface area contributed by atoms with E-state index >= 15 is 0 Å². The number of carbonyl (C=O) groups excluding carboxylic acids is 1. The topological polar surface area (TPSA) is 77.2 Å². The smallest absolute Gasteiger partial charge is 0.341 e. The van der Waals surface area contributed by atoms with Crippen LogP contribution in [0, 0.1) is 0 Å². The predicted octanol–water partition coefficient (Wildman–Crippen LogP) is 2.79. The maximum absolute atomic E-state index is 11.8. The number of esters is 1. The third-order valence-corrected chi connectivity index (χ3v) is 3.42. The molecule has 0 aromatic carbocycles. The molecule has 0 aliphatic heterocycles. The molecule has 0 fully saturated rings. The van der Waals surface area contributed by atoms with E-state index in [2.05, 4.69) is 16.6 Å². The zero-order valence-corrected chi connectivity index (χ0v) is 13.0. The standard InChI is InChI=1S/C14H23N3O2S/c1-3-19-14(18)12-9-11(15)10-17-13(12)16-7-5-4-6-8-20-2/h9-10H,3-8,15H2,1-2H3,(H,16,17). The first-order chi connectivity index (χ1) is 9.69. The van der Waals surface area contributed by atoms with Gasteiger partial charge in [0.2, 0.25) is 0 Å². The molecule has 5 nitrogen and oxygen atoms in total. The third kappa shape index (κ3) is 5.69. The van der Waals surface area contributed by atoms with Crippen molar-refractivity contribution in [3.63, 3.8) is 0 Å². The van der Waals surface area contributed by atoms with Crippen LogP contribution in [0.25, 0.3) is 0 Å². The lowest BCUT2D eigenvalue weighted by Gasteiger charge is -2.11. The Morgan fingerprint density at radius 1 is 1.45 bits per heavy atom. The second-order valence-electron chi connectivity index (χ2n) is 4.37. The Balaban J connectivity index is 2.53. The SMILES string of the molecule is CCOC(=O)c1cc(N)cnc1NCCCCCSC. The highest BCUT2D eigenvalue weighted by molar-refractivity contribution is 7.98. The van der Waals surface area contributed by atoms with E-state index < -0.39 is 5.97 Å². The third-order valence-electron chi connectivity index (χ3n) is 2.72. The molecule has 0 amide bonds. The van der Waals surface area contributed by atoms with Crippen LogP contribution in [0.5, 0.6) is 0 Å². The number of unbranched alkanes of at least 4 members (excludes halogenated alkanes) is 2. The van der Waals surface area contributed by atoms with Crippen LogP contribution >= 0.6 is 11.8 Å². The fraction of sp³-hybridized carbons (Fsp3) is 0.571. The van der Waals surface area contributed by atoms with Gasteiger partial charge in [-0.05, 0) is 37.8 Å². The van der Waals surface area contributed by atoms with Crippen LogP contribution in [0.15, 0.2) is 12.3 Å².